The number of nitrogens with two attached hydrogens (primary N) is 1. The second-order valence-electron chi connectivity index (χ2n) is 12.3. The Morgan fingerprint density at radius 1 is 1.03 bits per heavy atom. The third-order valence-corrected chi connectivity index (χ3v) is 7.59. The van der Waals surface area contributed by atoms with Gasteiger partial charge < -0.3 is 31.3 Å². The van der Waals surface area contributed by atoms with Crippen molar-refractivity contribution in [1.82, 2.24) is 20.9 Å². The van der Waals surface area contributed by atoms with Gasteiger partial charge in [0.25, 0.3) is 5.91 Å². The molecule has 12 heteroatoms. The quantitative estimate of drug-likeness (QED) is 0.217. The molecule has 1 aliphatic carbocycles. The fraction of sp³-hybridized carbons (Fsp3) is 0.778. The van der Waals surface area contributed by atoms with Crippen LogP contribution in [0, 0.1) is 23.2 Å². The molecular weight excluding hydrogens is 506 g/mol. The molecule has 1 saturated carbocycles. The van der Waals surface area contributed by atoms with Gasteiger partial charge in [-0.1, -0.05) is 53.9 Å². The summed E-state index contributed by atoms with van der Waals surface area (Å²) in [5.74, 6) is -3.64. The molecule has 2 aliphatic rings. The Bertz CT molecular complexity index is 957. The Morgan fingerprint density at radius 3 is 2.13 bits per heavy atom. The van der Waals surface area contributed by atoms with Crippen molar-refractivity contribution < 1.29 is 33.5 Å². The molecule has 12 nitrogen and oxygen atoms in total. The molecular formula is C27H45N5O7. The van der Waals surface area contributed by atoms with Gasteiger partial charge in [0.2, 0.25) is 17.6 Å². The minimum atomic E-state index is -1.11. The molecule has 1 aliphatic heterocycles. The number of urea groups is 1. The Balaban J connectivity index is 2.20. The van der Waals surface area contributed by atoms with Crippen LogP contribution in [-0.4, -0.2) is 77.7 Å². The van der Waals surface area contributed by atoms with Crippen molar-refractivity contribution >= 4 is 35.5 Å². The van der Waals surface area contributed by atoms with Crippen LogP contribution in [0.1, 0.15) is 74.1 Å². The molecule has 0 spiro atoms. The smallest absolute Gasteiger partial charge is 0.325 e. The van der Waals surface area contributed by atoms with Crippen molar-refractivity contribution in [2.45, 2.75) is 98.4 Å². The highest BCUT2D eigenvalue weighted by Crippen LogP contribution is 2.34. The van der Waals surface area contributed by atoms with Crippen molar-refractivity contribution in [3.05, 3.63) is 0 Å². The number of amides is 5. The number of primary amides is 1. The van der Waals surface area contributed by atoms with Crippen LogP contribution in [-0.2, 0) is 28.7 Å². The number of nitrogens with one attached hydrogen (secondary N) is 3. The highest BCUT2D eigenvalue weighted by molar-refractivity contribution is 6.37. The van der Waals surface area contributed by atoms with E-state index in [1.54, 1.807) is 34.6 Å². The van der Waals surface area contributed by atoms with Gasteiger partial charge in [-0.05, 0) is 43.4 Å². The first-order chi connectivity index (χ1) is 18.0. The van der Waals surface area contributed by atoms with E-state index in [0.717, 1.165) is 19.3 Å². The molecule has 5 unspecified atom stereocenters. The molecule has 1 heterocycles. The number of rotatable bonds is 11. The summed E-state index contributed by atoms with van der Waals surface area (Å²) in [4.78, 5) is 77.4. The fourth-order valence-corrected chi connectivity index (χ4v) is 4.97. The van der Waals surface area contributed by atoms with Gasteiger partial charge >= 0.3 is 12.0 Å². The summed E-state index contributed by atoms with van der Waals surface area (Å²) < 4.78 is 5.01. The minimum Gasteiger partial charge on any atom is -0.462 e. The zero-order valence-electron chi connectivity index (χ0n) is 24.2. The number of hydrogen-bond acceptors (Lipinski definition) is 7. The number of hydrogen-bond donors (Lipinski definition) is 4. The van der Waals surface area contributed by atoms with Crippen molar-refractivity contribution in [3.63, 3.8) is 0 Å². The molecule has 2 rings (SSSR count). The van der Waals surface area contributed by atoms with Crippen molar-refractivity contribution in [2.75, 3.05) is 13.1 Å². The van der Waals surface area contributed by atoms with E-state index in [2.05, 4.69) is 16.0 Å². The van der Waals surface area contributed by atoms with E-state index in [-0.39, 0.29) is 36.9 Å². The van der Waals surface area contributed by atoms with Gasteiger partial charge in [0.1, 0.15) is 18.6 Å². The average molecular weight is 552 g/mol. The maximum Gasteiger partial charge on any atom is 0.325 e. The first-order valence-electron chi connectivity index (χ1n) is 13.7. The maximum absolute atomic E-state index is 13.8. The number of likely N-dealkylation sites (tertiary alicyclic amines) is 1. The van der Waals surface area contributed by atoms with Crippen LogP contribution in [0.3, 0.4) is 0 Å². The van der Waals surface area contributed by atoms with Gasteiger partial charge in [-0.15, -0.1) is 0 Å². The second kappa shape index (κ2) is 13.3. The van der Waals surface area contributed by atoms with Crippen LogP contribution in [0.4, 0.5) is 4.79 Å². The van der Waals surface area contributed by atoms with Crippen molar-refractivity contribution in [1.29, 1.82) is 0 Å². The summed E-state index contributed by atoms with van der Waals surface area (Å²) in [6.07, 6.45) is 2.85. The van der Waals surface area contributed by atoms with Gasteiger partial charge in [0.15, 0.2) is 0 Å². The van der Waals surface area contributed by atoms with E-state index in [1.807, 2.05) is 13.8 Å². The van der Waals surface area contributed by atoms with Crippen LogP contribution in [0.25, 0.3) is 0 Å². The van der Waals surface area contributed by atoms with Gasteiger partial charge in [0.05, 0.1) is 12.1 Å². The Morgan fingerprint density at radius 2 is 1.64 bits per heavy atom. The van der Waals surface area contributed by atoms with E-state index < -0.39 is 59.0 Å². The summed E-state index contributed by atoms with van der Waals surface area (Å²) in [6.45, 7) is 12.4. The highest BCUT2D eigenvalue weighted by Gasteiger charge is 2.48. The average Bonchev–Trinajstić information content (AvgIpc) is 3.09. The predicted molar refractivity (Wildman–Crippen MR) is 143 cm³/mol. The fourth-order valence-electron chi connectivity index (χ4n) is 4.97. The summed E-state index contributed by atoms with van der Waals surface area (Å²) in [5.41, 5.74) is 4.51. The molecule has 0 aromatic heterocycles. The van der Waals surface area contributed by atoms with E-state index in [4.69, 9.17) is 10.5 Å². The molecule has 1 saturated heterocycles. The Labute approximate surface area is 230 Å². The first kappa shape index (κ1) is 32.0. The lowest BCUT2D eigenvalue weighted by Gasteiger charge is -2.36. The van der Waals surface area contributed by atoms with Crippen molar-refractivity contribution in [2.24, 2.45) is 28.9 Å². The van der Waals surface area contributed by atoms with Gasteiger partial charge in [-0.25, -0.2) is 4.79 Å². The zero-order chi connectivity index (χ0) is 29.7. The van der Waals surface area contributed by atoms with Crippen LogP contribution in [0.5, 0.6) is 0 Å². The molecule has 5 amide bonds. The molecule has 0 aromatic rings. The summed E-state index contributed by atoms with van der Waals surface area (Å²) in [7, 11) is 0. The first-order valence-corrected chi connectivity index (χ1v) is 13.7. The number of Topliss-reactive ketones (excluding diaryl/α,β-unsaturated/α-hetero) is 1. The molecule has 5 N–H and O–H groups in total. The SMILES string of the molecule is CC(C)OC(=O)CNC(=O)NC(C(=O)N1CC(C)C(C)C1C(=O)NC(CC1CCC1)C(=O)C(N)=O)C(C)(C)C. The van der Waals surface area contributed by atoms with Crippen LogP contribution in [0.15, 0.2) is 0 Å². The molecule has 39 heavy (non-hydrogen) atoms. The lowest BCUT2D eigenvalue weighted by Crippen LogP contribution is -2.60. The normalized spacial score (nSPS) is 22.9. The highest BCUT2D eigenvalue weighted by atomic mass is 16.5. The van der Waals surface area contributed by atoms with Crippen LogP contribution >= 0.6 is 0 Å². The molecule has 5 atom stereocenters. The van der Waals surface area contributed by atoms with Gasteiger partial charge in [0, 0.05) is 6.54 Å². The molecule has 0 radical (unpaired) electrons. The summed E-state index contributed by atoms with van der Waals surface area (Å²) >= 11 is 0. The third kappa shape index (κ3) is 8.66. The third-order valence-electron chi connectivity index (χ3n) is 7.59. The number of esters is 1. The monoisotopic (exact) mass is 551 g/mol. The molecule has 0 aromatic carbocycles. The van der Waals surface area contributed by atoms with E-state index in [1.165, 1.54) is 4.90 Å². The molecule has 2 fully saturated rings. The van der Waals surface area contributed by atoms with Crippen LogP contribution in [0.2, 0.25) is 0 Å². The molecule has 220 valence electrons. The van der Waals surface area contributed by atoms with Gasteiger partial charge in [-0.2, -0.15) is 0 Å². The number of carbonyl (C=O) groups excluding carboxylic acids is 6. The molecule has 0 bridgehead atoms. The van der Waals surface area contributed by atoms with E-state index in [9.17, 15) is 28.8 Å². The minimum absolute atomic E-state index is 0.0399. The maximum atomic E-state index is 13.8. The predicted octanol–water partition coefficient (Wildman–Crippen LogP) is 0.864. The number of nitrogens with zero attached hydrogens (tertiary/aromatic N) is 1. The Kier molecular flexibility index (Phi) is 10.9. The summed E-state index contributed by atoms with van der Waals surface area (Å²) in [5, 5.41) is 7.77. The second-order valence-corrected chi connectivity index (χ2v) is 12.3. The standard InChI is InChI=1S/C27H45N5O7/c1-14(2)39-19(33)12-29-26(38)31-22(27(5,6)7)25(37)32-13-15(3)16(4)20(32)24(36)30-18(21(34)23(28)35)11-17-9-8-10-17/h14-18,20,22H,8-13H2,1-7H3,(H2,28,35)(H,30,36)(H2,29,31,38). The lowest BCUT2D eigenvalue weighted by molar-refractivity contribution is -0.146. The van der Waals surface area contributed by atoms with Gasteiger partial charge in [-0.3, -0.25) is 24.0 Å². The van der Waals surface area contributed by atoms with E-state index >= 15 is 0 Å². The lowest BCUT2D eigenvalue weighted by atomic mass is 9.80. The largest absolute Gasteiger partial charge is 0.462 e. The Hall–Kier alpha value is -3.18. The number of ether oxygens (including phenoxy) is 1. The zero-order valence-corrected chi connectivity index (χ0v) is 24.2. The van der Waals surface area contributed by atoms with Crippen LogP contribution < -0.4 is 21.7 Å². The summed E-state index contributed by atoms with van der Waals surface area (Å²) in [6, 6.07) is -3.71. The van der Waals surface area contributed by atoms with Crippen molar-refractivity contribution in [3.8, 4) is 0 Å². The number of carbonyl (C=O) groups is 6. The van der Waals surface area contributed by atoms with E-state index in [0.29, 0.717) is 6.42 Å². The number of ketones is 1. The topological polar surface area (TPSA) is 177 Å².